The molecule has 1 aliphatic heterocycles. The number of nitrogens with one attached hydrogen (secondary N) is 1. The molecule has 0 radical (unpaired) electrons. The van der Waals surface area contributed by atoms with Crippen LogP contribution in [0.15, 0.2) is 46.9 Å². The number of amides is 1. The second-order valence-corrected chi connectivity index (χ2v) is 7.21. The van der Waals surface area contributed by atoms with E-state index in [0.29, 0.717) is 9.87 Å². The van der Waals surface area contributed by atoms with E-state index in [1.807, 2.05) is 0 Å². The van der Waals surface area contributed by atoms with Crippen molar-refractivity contribution < 1.29 is 27.1 Å². The molecule has 2 N–H and O–H groups in total. The van der Waals surface area contributed by atoms with E-state index >= 15 is 4.39 Å². The van der Waals surface area contributed by atoms with Crippen LogP contribution in [0.5, 0.6) is 5.75 Å². The molecular weight excluding hydrogens is 379 g/mol. The quantitative estimate of drug-likeness (QED) is 0.693. The molecular formula is C16H11FN4O5S. The molecule has 3 aromatic rings. The van der Waals surface area contributed by atoms with Gasteiger partial charge in [-0.3, -0.25) is 4.79 Å². The van der Waals surface area contributed by atoms with E-state index < -0.39 is 39.9 Å². The SMILES string of the molecule is O=C1CN(c2c(O)ccc(-c3nnc(-c4ccccc4)o3)c2F)S(=O)(=O)N1. The summed E-state index contributed by atoms with van der Waals surface area (Å²) in [6, 6.07) is 11.0. The topological polar surface area (TPSA) is 126 Å². The first kappa shape index (κ1) is 17.0. The minimum atomic E-state index is -4.30. The van der Waals surface area contributed by atoms with E-state index in [9.17, 15) is 18.3 Å². The van der Waals surface area contributed by atoms with Crippen molar-refractivity contribution in [3.8, 4) is 28.7 Å². The van der Waals surface area contributed by atoms with E-state index in [0.717, 1.165) is 6.07 Å². The maximum atomic E-state index is 15.0. The van der Waals surface area contributed by atoms with Crippen molar-refractivity contribution in [3.63, 3.8) is 0 Å². The summed E-state index contributed by atoms with van der Waals surface area (Å²) in [5.41, 5.74) is -0.273. The number of carbonyl (C=O) groups excluding carboxylic acids is 1. The molecule has 0 atom stereocenters. The molecule has 1 aliphatic rings. The standard InChI is InChI=1S/C16H11FN4O5S/c17-13-10(16-19-18-15(26-16)9-4-2-1-3-5-9)6-7-11(22)14(13)21-8-12(23)20-27(21,24)25/h1-7,22H,8H2,(H,20,23). The number of aromatic nitrogens is 2. The Kier molecular flexibility index (Phi) is 3.81. The lowest BCUT2D eigenvalue weighted by atomic mass is 10.1. The maximum absolute atomic E-state index is 15.0. The number of hydrogen-bond donors (Lipinski definition) is 2. The monoisotopic (exact) mass is 390 g/mol. The highest BCUT2D eigenvalue weighted by Crippen LogP contribution is 2.38. The zero-order chi connectivity index (χ0) is 19.2. The Hall–Kier alpha value is -3.47. The van der Waals surface area contributed by atoms with Crippen molar-refractivity contribution in [3.05, 3.63) is 48.3 Å². The Morgan fingerprint density at radius 3 is 2.48 bits per heavy atom. The van der Waals surface area contributed by atoms with E-state index in [1.165, 1.54) is 6.07 Å². The fourth-order valence-electron chi connectivity index (χ4n) is 2.63. The first-order valence-corrected chi connectivity index (χ1v) is 9.05. The fraction of sp³-hybridized carbons (Fsp3) is 0.0625. The van der Waals surface area contributed by atoms with Crippen LogP contribution in [0.4, 0.5) is 10.1 Å². The zero-order valence-corrected chi connectivity index (χ0v) is 14.3. The minimum absolute atomic E-state index is 0.144. The van der Waals surface area contributed by atoms with Crippen LogP contribution in [0.2, 0.25) is 0 Å². The summed E-state index contributed by atoms with van der Waals surface area (Å²) in [4.78, 5) is 11.4. The maximum Gasteiger partial charge on any atom is 0.326 e. The highest BCUT2D eigenvalue weighted by molar-refractivity contribution is 7.92. The lowest BCUT2D eigenvalue weighted by molar-refractivity contribution is -0.117. The van der Waals surface area contributed by atoms with Crippen LogP contribution < -0.4 is 9.03 Å². The normalized spacial score (nSPS) is 15.7. The van der Waals surface area contributed by atoms with Crippen LogP contribution in [-0.4, -0.2) is 36.2 Å². The Morgan fingerprint density at radius 1 is 1.11 bits per heavy atom. The third-order valence-corrected chi connectivity index (χ3v) is 5.22. The molecule has 0 unspecified atom stereocenters. The predicted octanol–water partition coefficient (Wildman–Crippen LogP) is 1.43. The molecule has 1 aromatic heterocycles. The van der Waals surface area contributed by atoms with Gasteiger partial charge in [-0.15, -0.1) is 10.2 Å². The number of anilines is 1. The predicted molar refractivity (Wildman–Crippen MR) is 91.2 cm³/mol. The van der Waals surface area contributed by atoms with Crippen LogP contribution in [-0.2, 0) is 15.0 Å². The molecule has 9 nitrogen and oxygen atoms in total. The van der Waals surface area contributed by atoms with Crippen LogP contribution >= 0.6 is 0 Å². The molecule has 2 aromatic carbocycles. The van der Waals surface area contributed by atoms with Crippen molar-refractivity contribution >= 4 is 21.8 Å². The lowest BCUT2D eigenvalue weighted by Gasteiger charge is -2.17. The Bertz CT molecular complexity index is 1150. The molecule has 1 amide bonds. The summed E-state index contributed by atoms with van der Waals surface area (Å²) < 4.78 is 46.6. The number of halogens is 1. The average Bonchev–Trinajstić information content (AvgIpc) is 3.20. The van der Waals surface area contributed by atoms with Crippen molar-refractivity contribution in [1.82, 2.24) is 14.9 Å². The number of carbonyl (C=O) groups is 1. The van der Waals surface area contributed by atoms with Gasteiger partial charge in [0.2, 0.25) is 5.89 Å². The number of hydrogen-bond acceptors (Lipinski definition) is 7. The molecule has 2 heterocycles. The molecule has 4 rings (SSSR count). The van der Waals surface area contributed by atoms with Crippen molar-refractivity contribution in [2.75, 3.05) is 10.8 Å². The van der Waals surface area contributed by atoms with E-state index in [2.05, 4.69) is 10.2 Å². The molecule has 138 valence electrons. The Balaban J connectivity index is 1.80. The van der Waals surface area contributed by atoms with Gasteiger partial charge in [0.25, 0.3) is 11.8 Å². The van der Waals surface area contributed by atoms with Crippen LogP contribution in [0.3, 0.4) is 0 Å². The van der Waals surface area contributed by atoms with Crippen molar-refractivity contribution in [2.24, 2.45) is 0 Å². The minimum Gasteiger partial charge on any atom is -0.506 e. The van der Waals surface area contributed by atoms with Gasteiger partial charge in [-0.2, -0.15) is 8.42 Å². The number of nitrogens with zero attached hydrogens (tertiary/aromatic N) is 3. The number of phenols is 1. The smallest absolute Gasteiger partial charge is 0.326 e. The zero-order valence-electron chi connectivity index (χ0n) is 13.5. The van der Waals surface area contributed by atoms with Crippen molar-refractivity contribution in [2.45, 2.75) is 0 Å². The van der Waals surface area contributed by atoms with E-state index in [4.69, 9.17) is 4.42 Å². The van der Waals surface area contributed by atoms with Gasteiger partial charge in [-0.05, 0) is 24.3 Å². The van der Waals surface area contributed by atoms with Crippen LogP contribution in [0.25, 0.3) is 22.9 Å². The summed E-state index contributed by atoms with van der Waals surface area (Å²) in [6.07, 6.45) is 0. The molecule has 11 heteroatoms. The second kappa shape index (κ2) is 6.06. The second-order valence-electron chi connectivity index (χ2n) is 5.61. The van der Waals surface area contributed by atoms with Crippen LogP contribution in [0.1, 0.15) is 0 Å². The molecule has 1 fully saturated rings. The Labute approximate surface area is 152 Å². The fourth-order valence-corrected chi connectivity index (χ4v) is 3.80. The molecule has 27 heavy (non-hydrogen) atoms. The van der Waals surface area contributed by atoms with Gasteiger partial charge < -0.3 is 9.52 Å². The number of aromatic hydroxyl groups is 1. The number of benzene rings is 2. The summed E-state index contributed by atoms with van der Waals surface area (Å²) in [5.74, 6) is -2.67. The third-order valence-electron chi connectivity index (χ3n) is 3.84. The highest BCUT2D eigenvalue weighted by Gasteiger charge is 2.38. The lowest BCUT2D eigenvalue weighted by Crippen LogP contribution is -2.30. The molecule has 0 bridgehead atoms. The van der Waals surface area contributed by atoms with Gasteiger partial charge in [0, 0.05) is 5.56 Å². The third kappa shape index (κ3) is 2.87. The highest BCUT2D eigenvalue weighted by atomic mass is 32.2. The largest absolute Gasteiger partial charge is 0.506 e. The van der Waals surface area contributed by atoms with Gasteiger partial charge in [0.05, 0.1) is 5.56 Å². The van der Waals surface area contributed by atoms with Gasteiger partial charge in [-0.1, -0.05) is 18.2 Å². The first-order chi connectivity index (χ1) is 12.9. The molecule has 0 spiro atoms. The summed E-state index contributed by atoms with van der Waals surface area (Å²) in [6.45, 7) is -0.657. The number of rotatable bonds is 3. The Morgan fingerprint density at radius 2 is 1.81 bits per heavy atom. The molecule has 0 saturated carbocycles. The summed E-state index contributed by atoms with van der Waals surface area (Å²) >= 11 is 0. The first-order valence-electron chi connectivity index (χ1n) is 7.61. The molecule has 1 saturated heterocycles. The molecule has 0 aliphatic carbocycles. The summed E-state index contributed by atoms with van der Waals surface area (Å²) in [5, 5.41) is 17.6. The van der Waals surface area contributed by atoms with E-state index in [-0.39, 0.29) is 17.3 Å². The number of phenolic OH excluding ortho intramolecular Hbond substituents is 1. The van der Waals surface area contributed by atoms with Crippen LogP contribution in [0, 0.1) is 5.82 Å². The van der Waals surface area contributed by atoms with E-state index in [1.54, 1.807) is 35.1 Å². The van der Waals surface area contributed by atoms with Crippen molar-refractivity contribution in [1.29, 1.82) is 0 Å². The van der Waals surface area contributed by atoms with Gasteiger partial charge in [0.1, 0.15) is 18.0 Å². The average molecular weight is 390 g/mol. The van der Waals surface area contributed by atoms with Gasteiger partial charge >= 0.3 is 10.2 Å². The van der Waals surface area contributed by atoms with Gasteiger partial charge in [0.15, 0.2) is 5.82 Å². The van der Waals surface area contributed by atoms with Gasteiger partial charge in [-0.25, -0.2) is 13.4 Å². The summed E-state index contributed by atoms with van der Waals surface area (Å²) in [7, 11) is -4.30.